The number of benzene rings is 3. The molecule has 0 saturated carbocycles. The Labute approximate surface area is 241 Å². The van der Waals surface area contributed by atoms with Crippen molar-refractivity contribution in [2.45, 2.75) is 38.3 Å². The van der Waals surface area contributed by atoms with Crippen LogP contribution in [-0.2, 0) is 26.2 Å². The molecule has 0 unspecified atom stereocenters. The summed E-state index contributed by atoms with van der Waals surface area (Å²) in [6.45, 7) is 5.05. The van der Waals surface area contributed by atoms with Gasteiger partial charge in [0.2, 0.25) is 11.8 Å². The number of carbonyl (C=O) groups excluding carboxylic acids is 2. The van der Waals surface area contributed by atoms with Gasteiger partial charge in [-0.3, -0.25) is 13.9 Å². The van der Waals surface area contributed by atoms with Crippen LogP contribution in [0.1, 0.15) is 25.0 Å². The van der Waals surface area contributed by atoms with Gasteiger partial charge in [0.15, 0.2) is 0 Å². The molecule has 1 N–H and O–H groups in total. The number of anilines is 1. The van der Waals surface area contributed by atoms with E-state index in [9.17, 15) is 18.0 Å². The highest BCUT2D eigenvalue weighted by Crippen LogP contribution is 2.36. The maximum Gasteiger partial charge on any atom is 0.264 e. The third kappa shape index (κ3) is 7.49. The lowest BCUT2D eigenvalue weighted by atomic mass is 10.1. The van der Waals surface area contributed by atoms with E-state index in [2.05, 4.69) is 5.32 Å². The van der Waals surface area contributed by atoms with E-state index in [0.29, 0.717) is 23.6 Å². The van der Waals surface area contributed by atoms with Gasteiger partial charge < -0.3 is 24.4 Å². The summed E-state index contributed by atoms with van der Waals surface area (Å²) in [6, 6.07) is 17.3. The second kappa shape index (κ2) is 13.9. The first-order valence-electron chi connectivity index (χ1n) is 13.1. The minimum Gasteiger partial charge on any atom is -0.497 e. The minimum atomic E-state index is -4.27. The van der Waals surface area contributed by atoms with Gasteiger partial charge in [-0.05, 0) is 62.7 Å². The van der Waals surface area contributed by atoms with E-state index in [4.69, 9.17) is 14.2 Å². The van der Waals surface area contributed by atoms with Gasteiger partial charge in [0.1, 0.15) is 29.8 Å². The van der Waals surface area contributed by atoms with Crippen molar-refractivity contribution in [2.24, 2.45) is 0 Å². The summed E-state index contributed by atoms with van der Waals surface area (Å²) in [5, 5.41) is 2.74. The third-order valence-corrected chi connectivity index (χ3v) is 8.32. The predicted octanol–water partition coefficient (Wildman–Crippen LogP) is 3.77. The first-order chi connectivity index (χ1) is 19.5. The normalized spacial score (nSPS) is 11.8. The fraction of sp³-hybridized carbons (Fsp3) is 0.333. The summed E-state index contributed by atoms with van der Waals surface area (Å²) in [5.41, 5.74) is 1.71. The second-order valence-corrected chi connectivity index (χ2v) is 11.2. The average molecular weight is 584 g/mol. The number of rotatable bonds is 13. The van der Waals surface area contributed by atoms with E-state index in [1.165, 1.54) is 44.4 Å². The second-order valence-electron chi connectivity index (χ2n) is 9.31. The fourth-order valence-electron chi connectivity index (χ4n) is 4.21. The zero-order chi connectivity index (χ0) is 30.2. The number of sulfonamides is 1. The molecule has 3 rings (SSSR count). The number of hydrogen-bond donors (Lipinski definition) is 1. The topological polar surface area (TPSA) is 114 Å². The van der Waals surface area contributed by atoms with Crippen LogP contribution in [0.25, 0.3) is 0 Å². The zero-order valence-electron chi connectivity index (χ0n) is 24.2. The Kier molecular flexibility index (Phi) is 10.6. The molecule has 220 valence electrons. The van der Waals surface area contributed by atoms with E-state index >= 15 is 0 Å². The number of likely N-dealkylation sites (N-methyl/N-ethyl adjacent to an activating group) is 1. The molecule has 0 aliphatic rings. The van der Waals surface area contributed by atoms with Crippen molar-refractivity contribution in [3.05, 3.63) is 77.9 Å². The molecule has 0 bridgehead atoms. The summed E-state index contributed by atoms with van der Waals surface area (Å²) in [5.74, 6) is 0.236. The Morgan fingerprint density at radius 1 is 0.902 bits per heavy atom. The molecule has 0 radical (unpaired) electrons. The van der Waals surface area contributed by atoms with E-state index in [-0.39, 0.29) is 28.8 Å². The van der Waals surface area contributed by atoms with Crippen LogP contribution >= 0.6 is 0 Å². The molecular weight excluding hydrogens is 546 g/mol. The molecule has 11 heteroatoms. The van der Waals surface area contributed by atoms with Crippen molar-refractivity contribution in [3.63, 3.8) is 0 Å². The molecule has 0 aliphatic carbocycles. The van der Waals surface area contributed by atoms with Crippen molar-refractivity contribution in [3.8, 4) is 17.2 Å². The van der Waals surface area contributed by atoms with E-state index in [1.807, 2.05) is 6.92 Å². The van der Waals surface area contributed by atoms with Crippen molar-refractivity contribution in [2.75, 3.05) is 38.7 Å². The number of methoxy groups -OCH3 is 3. The van der Waals surface area contributed by atoms with Gasteiger partial charge in [-0.1, -0.05) is 29.8 Å². The standard InChI is InChI=1S/C30H37N3O7S/c1-7-31-30(35)22(3)32(19-23-9-8-10-24(17-23)38-4)29(34)20-33(27-18-25(39-5)13-16-28(27)40-6)41(36,37)26-14-11-21(2)12-15-26/h8-18,22H,7,19-20H2,1-6H3,(H,31,35)/t22-/m0/s1. The Morgan fingerprint density at radius 3 is 2.17 bits per heavy atom. The molecule has 0 aromatic heterocycles. The first-order valence-corrected chi connectivity index (χ1v) is 14.5. The number of amides is 2. The first kappa shape index (κ1) is 31.3. The van der Waals surface area contributed by atoms with Gasteiger partial charge in [0.05, 0.1) is 31.9 Å². The van der Waals surface area contributed by atoms with Gasteiger partial charge >= 0.3 is 0 Å². The van der Waals surface area contributed by atoms with Crippen LogP contribution in [-0.4, -0.2) is 65.6 Å². The Balaban J connectivity index is 2.13. The third-order valence-electron chi connectivity index (χ3n) is 6.55. The van der Waals surface area contributed by atoms with E-state index < -0.39 is 28.5 Å². The zero-order valence-corrected chi connectivity index (χ0v) is 25.0. The van der Waals surface area contributed by atoms with Gasteiger partial charge in [-0.15, -0.1) is 0 Å². The molecule has 41 heavy (non-hydrogen) atoms. The molecule has 10 nitrogen and oxygen atoms in total. The molecule has 2 amide bonds. The molecule has 3 aromatic carbocycles. The quantitative estimate of drug-likeness (QED) is 0.326. The van der Waals surface area contributed by atoms with Crippen molar-refractivity contribution in [1.82, 2.24) is 10.2 Å². The van der Waals surface area contributed by atoms with Gasteiger partial charge in [0, 0.05) is 19.2 Å². The molecule has 0 heterocycles. The van der Waals surface area contributed by atoms with Crippen LogP contribution in [0.15, 0.2) is 71.6 Å². The van der Waals surface area contributed by atoms with Crippen LogP contribution in [0.3, 0.4) is 0 Å². The SMILES string of the molecule is CCNC(=O)[C@H](C)N(Cc1cccc(OC)c1)C(=O)CN(c1cc(OC)ccc1OC)S(=O)(=O)c1ccc(C)cc1. The molecule has 3 aromatic rings. The number of carbonyl (C=O) groups is 2. The van der Waals surface area contributed by atoms with E-state index in [0.717, 1.165) is 9.87 Å². The van der Waals surface area contributed by atoms with Crippen LogP contribution in [0.2, 0.25) is 0 Å². The predicted molar refractivity (Wildman–Crippen MR) is 157 cm³/mol. The van der Waals surface area contributed by atoms with Crippen molar-refractivity contribution in [1.29, 1.82) is 0 Å². The number of hydrogen-bond acceptors (Lipinski definition) is 7. The van der Waals surface area contributed by atoms with Gasteiger partial charge in [0.25, 0.3) is 10.0 Å². The van der Waals surface area contributed by atoms with E-state index in [1.54, 1.807) is 62.4 Å². The number of nitrogens with one attached hydrogen (secondary N) is 1. The molecule has 0 fully saturated rings. The summed E-state index contributed by atoms with van der Waals surface area (Å²) in [7, 11) is 0.140. The maximum atomic E-state index is 14.1. The molecule has 0 saturated heterocycles. The molecule has 1 atom stereocenters. The smallest absolute Gasteiger partial charge is 0.264 e. The monoisotopic (exact) mass is 583 g/mol. The molecule has 0 aliphatic heterocycles. The van der Waals surface area contributed by atoms with Crippen LogP contribution in [0, 0.1) is 6.92 Å². The summed E-state index contributed by atoms with van der Waals surface area (Å²) in [6.07, 6.45) is 0. The molecular formula is C30H37N3O7S. The molecule has 0 spiro atoms. The van der Waals surface area contributed by atoms with Gasteiger partial charge in [-0.2, -0.15) is 0 Å². The van der Waals surface area contributed by atoms with Crippen molar-refractivity contribution >= 4 is 27.5 Å². The highest BCUT2D eigenvalue weighted by molar-refractivity contribution is 7.92. The highest BCUT2D eigenvalue weighted by Gasteiger charge is 2.34. The number of aryl methyl sites for hydroxylation is 1. The lowest BCUT2D eigenvalue weighted by Gasteiger charge is -2.32. The Morgan fingerprint density at radius 2 is 1.56 bits per heavy atom. The largest absolute Gasteiger partial charge is 0.497 e. The summed E-state index contributed by atoms with van der Waals surface area (Å²) < 4.78 is 45.3. The van der Waals surface area contributed by atoms with Crippen LogP contribution in [0.4, 0.5) is 5.69 Å². The maximum absolute atomic E-state index is 14.1. The minimum absolute atomic E-state index is 0.00288. The Hall–Kier alpha value is -4.25. The van der Waals surface area contributed by atoms with Crippen LogP contribution in [0.5, 0.6) is 17.2 Å². The average Bonchev–Trinajstić information content (AvgIpc) is 2.98. The number of nitrogens with zero attached hydrogens (tertiary/aromatic N) is 2. The summed E-state index contributed by atoms with van der Waals surface area (Å²) >= 11 is 0. The van der Waals surface area contributed by atoms with Crippen molar-refractivity contribution < 1.29 is 32.2 Å². The fourth-order valence-corrected chi connectivity index (χ4v) is 5.63. The van der Waals surface area contributed by atoms with Crippen LogP contribution < -0.4 is 23.8 Å². The summed E-state index contributed by atoms with van der Waals surface area (Å²) in [4.78, 5) is 28.3. The van der Waals surface area contributed by atoms with Gasteiger partial charge in [-0.25, -0.2) is 8.42 Å². The highest BCUT2D eigenvalue weighted by atomic mass is 32.2. The lowest BCUT2D eigenvalue weighted by molar-refractivity contribution is -0.139. The number of ether oxygens (including phenoxy) is 3. The Bertz CT molecular complexity index is 1460. The lowest BCUT2D eigenvalue weighted by Crippen LogP contribution is -2.51.